The van der Waals surface area contributed by atoms with E-state index in [1.165, 1.54) is 4.90 Å². The smallest absolute Gasteiger partial charge is 0.268 e. The first kappa shape index (κ1) is 24.5. The van der Waals surface area contributed by atoms with Crippen molar-refractivity contribution < 1.29 is 23.9 Å². The summed E-state index contributed by atoms with van der Waals surface area (Å²) in [5.74, 6) is -0.292. The predicted molar refractivity (Wildman–Crippen MR) is 138 cm³/mol. The van der Waals surface area contributed by atoms with Crippen LogP contribution in [0.3, 0.4) is 0 Å². The zero-order valence-electron chi connectivity index (χ0n) is 21.0. The number of aromatic nitrogens is 1. The van der Waals surface area contributed by atoms with Gasteiger partial charge >= 0.3 is 0 Å². The Kier molecular flexibility index (Phi) is 6.23. The first-order chi connectivity index (χ1) is 17.8. The zero-order chi connectivity index (χ0) is 26.3. The number of rotatable bonds is 7. The number of amides is 3. The molecule has 0 radical (unpaired) electrons. The molecule has 0 aliphatic carbocycles. The molecule has 3 N–H and O–H groups in total. The molecule has 5 rings (SSSR count). The fourth-order valence-corrected chi connectivity index (χ4v) is 5.59. The van der Waals surface area contributed by atoms with Crippen molar-refractivity contribution in [3.05, 3.63) is 59.8 Å². The van der Waals surface area contributed by atoms with Crippen molar-refractivity contribution in [1.29, 1.82) is 0 Å². The number of methoxy groups -OCH3 is 1. The summed E-state index contributed by atoms with van der Waals surface area (Å²) >= 11 is 0. The number of H-pyrrole nitrogens is 1. The average molecular weight is 503 g/mol. The predicted octanol–water partition coefficient (Wildman–Crippen LogP) is 3.01. The molecular weight excluding hydrogens is 472 g/mol. The lowest BCUT2D eigenvalue weighted by atomic mass is 9.80. The van der Waals surface area contributed by atoms with E-state index in [1.54, 1.807) is 13.2 Å². The van der Waals surface area contributed by atoms with Gasteiger partial charge in [0.1, 0.15) is 23.8 Å². The quantitative estimate of drug-likeness (QED) is 0.429. The molecule has 9 nitrogen and oxygen atoms in total. The molecule has 1 spiro atoms. The molecule has 2 aliphatic heterocycles. The third-order valence-corrected chi connectivity index (χ3v) is 7.36. The number of anilines is 1. The molecule has 1 saturated heterocycles. The van der Waals surface area contributed by atoms with E-state index >= 15 is 0 Å². The molecule has 2 aliphatic rings. The Balaban J connectivity index is 1.42. The zero-order valence-corrected chi connectivity index (χ0v) is 21.0. The van der Waals surface area contributed by atoms with E-state index in [-0.39, 0.29) is 30.7 Å². The fourth-order valence-electron chi connectivity index (χ4n) is 5.59. The summed E-state index contributed by atoms with van der Waals surface area (Å²) < 4.78 is 5.39. The second kappa shape index (κ2) is 9.38. The van der Waals surface area contributed by atoms with Crippen molar-refractivity contribution in [3.8, 4) is 5.75 Å². The number of aldehydes is 1. The number of nitrogens with zero attached hydrogens (tertiary/aromatic N) is 1. The summed E-state index contributed by atoms with van der Waals surface area (Å²) in [6.45, 7) is 4.00. The van der Waals surface area contributed by atoms with Crippen LogP contribution in [0.2, 0.25) is 0 Å². The summed E-state index contributed by atoms with van der Waals surface area (Å²) in [5.41, 5.74) is 1.55. The minimum absolute atomic E-state index is 0.0755. The minimum atomic E-state index is -0.988. The summed E-state index contributed by atoms with van der Waals surface area (Å²) in [5, 5.41) is 6.53. The molecule has 1 fully saturated rings. The second-order valence-corrected chi connectivity index (χ2v) is 10.2. The van der Waals surface area contributed by atoms with Crippen LogP contribution in [0.5, 0.6) is 5.75 Å². The highest BCUT2D eigenvalue weighted by Gasteiger charge is 2.56. The molecule has 3 aromatic rings. The molecule has 192 valence electrons. The number of benzene rings is 2. The maximum Gasteiger partial charge on any atom is 0.268 e. The lowest BCUT2D eigenvalue weighted by Gasteiger charge is -2.28. The van der Waals surface area contributed by atoms with Crippen LogP contribution < -0.4 is 15.4 Å². The molecular formula is C28H30N4O5. The number of para-hydroxylation sites is 1. The van der Waals surface area contributed by atoms with Gasteiger partial charge in [0, 0.05) is 23.1 Å². The molecule has 0 bridgehead atoms. The van der Waals surface area contributed by atoms with Crippen LogP contribution in [0.1, 0.15) is 42.7 Å². The molecule has 3 heterocycles. The van der Waals surface area contributed by atoms with Crippen molar-refractivity contribution in [2.45, 2.75) is 44.2 Å². The highest BCUT2D eigenvalue weighted by Crippen LogP contribution is 2.46. The highest BCUT2D eigenvalue weighted by molar-refractivity contribution is 6.08. The number of aromatic amines is 1. The van der Waals surface area contributed by atoms with Crippen LogP contribution in [0.15, 0.2) is 48.5 Å². The number of nitrogens with one attached hydrogen (secondary N) is 3. The molecule has 3 atom stereocenters. The van der Waals surface area contributed by atoms with Crippen LogP contribution in [-0.2, 0) is 19.8 Å². The van der Waals surface area contributed by atoms with Gasteiger partial charge in [-0.1, -0.05) is 38.1 Å². The summed E-state index contributed by atoms with van der Waals surface area (Å²) in [6.07, 6.45) is 1.31. The lowest BCUT2D eigenvalue weighted by molar-refractivity contribution is -0.137. The Bertz CT molecular complexity index is 1400. The maximum atomic E-state index is 13.8. The molecule has 0 saturated carbocycles. The van der Waals surface area contributed by atoms with E-state index in [4.69, 9.17) is 4.74 Å². The monoisotopic (exact) mass is 502 g/mol. The number of likely N-dealkylation sites (tertiary alicyclic amines) is 1. The van der Waals surface area contributed by atoms with Crippen molar-refractivity contribution >= 4 is 40.6 Å². The van der Waals surface area contributed by atoms with Gasteiger partial charge in [-0.15, -0.1) is 0 Å². The first-order valence-electron chi connectivity index (χ1n) is 12.4. The number of carbonyl (C=O) groups is 4. The third-order valence-electron chi connectivity index (χ3n) is 7.36. The van der Waals surface area contributed by atoms with E-state index in [1.807, 2.05) is 56.3 Å². The van der Waals surface area contributed by atoms with Gasteiger partial charge in [0.15, 0.2) is 0 Å². The van der Waals surface area contributed by atoms with Crippen LogP contribution in [0, 0.1) is 5.92 Å². The van der Waals surface area contributed by atoms with Gasteiger partial charge in [0.05, 0.1) is 18.6 Å². The minimum Gasteiger partial charge on any atom is -0.496 e. The normalized spacial score (nSPS) is 21.2. The average Bonchev–Trinajstić information content (AvgIpc) is 3.57. The topological polar surface area (TPSA) is 121 Å². The Labute approximate surface area is 214 Å². The fraction of sp³-hybridized carbons (Fsp3) is 0.357. The van der Waals surface area contributed by atoms with Crippen molar-refractivity contribution in [1.82, 2.24) is 15.2 Å². The van der Waals surface area contributed by atoms with Gasteiger partial charge in [-0.2, -0.15) is 0 Å². The highest BCUT2D eigenvalue weighted by atomic mass is 16.5. The SMILES string of the molecule is COc1cccc2[nH]c(C(=O)NC(CC(C)C)C(=O)N3C[C@]4(C[C@H]3C=O)C(=O)Nc3ccccc34)cc12. The maximum absolute atomic E-state index is 13.8. The van der Waals surface area contributed by atoms with Gasteiger partial charge in [-0.3, -0.25) is 14.4 Å². The lowest BCUT2D eigenvalue weighted by Crippen LogP contribution is -2.51. The molecule has 3 amide bonds. The molecule has 2 aromatic carbocycles. The summed E-state index contributed by atoms with van der Waals surface area (Å²) in [4.78, 5) is 56.8. The van der Waals surface area contributed by atoms with Crippen molar-refractivity contribution in [2.75, 3.05) is 19.0 Å². The first-order valence-corrected chi connectivity index (χ1v) is 12.4. The van der Waals surface area contributed by atoms with Gasteiger partial charge in [-0.05, 0) is 48.6 Å². The Morgan fingerprint density at radius 2 is 2.00 bits per heavy atom. The van der Waals surface area contributed by atoms with E-state index in [9.17, 15) is 19.2 Å². The Morgan fingerprint density at radius 1 is 1.22 bits per heavy atom. The molecule has 1 unspecified atom stereocenters. The second-order valence-electron chi connectivity index (χ2n) is 10.2. The van der Waals surface area contributed by atoms with Crippen LogP contribution in [0.4, 0.5) is 5.69 Å². The van der Waals surface area contributed by atoms with Gasteiger partial charge in [-0.25, -0.2) is 0 Å². The summed E-state index contributed by atoms with van der Waals surface area (Å²) in [7, 11) is 1.56. The number of ether oxygens (including phenoxy) is 1. The number of carbonyl (C=O) groups excluding carboxylic acids is 4. The molecule has 9 heteroatoms. The van der Waals surface area contributed by atoms with Gasteiger partial charge in [0.25, 0.3) is 5.91 Å². The van der Waals surface area contributed by atoms with Crippen LogP contribution >= 0.6 is 0 Å². The van der Waals surface area contributed by atoms with Gasteiger partial charge in [0.2, 0.25) is 11.8 Å². The Hall–Kier alpha value is -4.14. The number of fused-ring (bicyclic) bond motifs is 3. The summed E-state index contributed by atoms with van der Waals surface area (Å²) in [6, 6.07) is 12.9. The van der Waals surface area contributed by atoms with Crippen LogP contribution in [-0.4, -0.2) is 59.6 Å². The Morgan fingerprint density at radius 3 is 2.73 bits per heavy atom. The van der Waals surface area contributed by atoms with E-state index < -0.39 is 23.4 Å². The standard InChI is InChI=1S/C28H30N4O5/c1-16(2)11-23(30-25(34)22-12-18-20(29-22)9-6-10-24(18)37-3)26(35)32-15-28(13-17(32)14-33)19-7-4-5-8-21(19)31-27(28)36/h4-10,12,14,16-17,23,29H,11,13,15H2,1-3H3,(H,30,34)(H,31,36)/t17-,23?,28-/m0/s1. The van der Waals surface area contributed by atoms with Gasteiger partial charge < -0.3 is 30.0 Å². The number of hydrogen-bond acceptors (Lipinski definition) is 5. The van der Waals surface area contributed by atoms with Crippen molar-refractivity contribution in [2.24, 2.45) is 5.92 Å². The van der Waals surface area contributed by atoms with E-state index in [0.29, 0.717) is 23.6 Å². The molecule has 37 heavy (non-hydrogen) atoms. The van der Waals surface area contributed by atoms with Crippen molar-refractivity contribution in [3.63, 3.8) is 0 Å². The van der Waals surface area contributed by atoms with Crippen LogP contribution in [0.25, 0.3) is 10.9 Å². The van der Waals surface area contributed by atoms with E-state index in [2.05, 4.69) is 15.6 Å². The number of hydrogen-bond donors (Lipinski definition) is 3. The largest absolute Gasteiger partial charge is 0.496 e. The third kappa shape index (κ3) is 4.14. The van der Waals surface area contributed by atoms with E-state index in [0.717, 1.165) is 22.8 Å². The molecule has 1 aromatic heterocycles.